The van der Waals surface area contributed by atoms with Crippen LogP contribution in [0.2, 0.25) is 0 Å². The lowest BCUT2D eigenvalue weighted by molar-refractivity contribution is -0.119. The van der Waals surface area contributed by atoms with Gasteiger partial charge in [0.15, 0.2) is 16.7 Å². The highest BCUT2D eigenvalue weighted by Crippen LogP contribution is 2.33. The molecule has 2 heterocycles. The van der Waals surface area contributed by atoms with Crippen LogP contribution >= 0.6 is 11.8 Å². The molecule has 1 aliphatic heterocycles. The summed E-state index contributed by atoms with van der Waals surface area (Å²) in [6, 6.07) is 13.0. The summed E-state index contributed by atoms with van der Waals surface area (Å²) in [6.07, 6.45) is 0.861. The number of rotatable bonds is 7. The molecule has 1 amide bonds. The Morgan fingerprint density at radius 2 is 2.03 bits per heavy atom. The van der Waals surface area contributed by atoms with Gasteiger partial charge in [-0.3, -0.25) is 14.2 Å². The third-order valence-corrected chi connectivity index (χ3v) is 5.93. The summed E-state index contributed by atoms with van der Waals surface area (Å²) < 4.78 is 12.4. The largest absolute Gasteiger partial charge is 0.454 e. The molecule has 1 aromatic heterocycles. The summed E-state index contributed by atoms with van der Waals surface area (Å²) in [6.45, 7) is 4.50. The number of ether oxygens (including phenoxy) is 2. The summed E-state index contributed by atoms with van der Waals surface area (Å²) >= 11 is 1.27. The van der Waals surface area contributed by atoms with Gasteiger partial charge in [-0.2, -0.15) is 0 Å². The number of aromatic nitrogens is 2. The highest BCUT2D eigenvalue weighted by molar-refractivity contribution is 7.99. The molecule has 0 bridgehead atoms. The molecule has 0 unspecified atom stereocenters. The molecule has 156 valence electrons. The first-order valence-electron chi connectivity index (χ1n) is 9.85. The molecule has 3 aromatic rings. The second kappa shape index (κ2) is 8.79. The molecule has 0 saturated carbocycles. The molecular formula is C22H23N3O4S. The first-order valence-corrected chi connectivity index (χ1v) is 10.8. The van der Waals surface area contributed by atoms with E-state index in [9.17, 15) is 9.59 Å². The number of nitrogens with zero attached hydrogens (tertiary/aromatic N) is 2. The van der Waals surface area contributed by atoms with Crippen LogP contribution in [0.4, 0.5) is 0 Å². The SMILES string of the molecule is CC[C@@H](C)NC(=O)CSc1nc2ccccc2c(=O)n1Cc1ccc2c(c1)OCO2. The highest BCUT2D eigenvalue weighted by atomic mass is 32.2. The molecular weight excluding hydrogens is 402 g/mol. The number of para-hydroxylation sites is 1. The number of amides is 1. The maximum Gasteiger partial charge on any atom is 0.262 e. The summed E-state index contributed by atoms with van der Waals surface area (Å²) in [5, 5.41) is 4.00. The second-order valence-corrected chi connectivity index (χ2v) is 8.10. The van der Waals surface area contributed by atoms with Gasteiger partial charge in [0.25, 0.3) is 5.56 Å². The van der Waals surface area contributed by atoms with Crippen molar-refractivity contribution in [1.29, 1.82) is 0 Å². The average molecular weight is 426 g/mol. The van der Waals surface area contributed by atoms with Crippen molar-refractivity contribution in [2.75, 3.05) is 12.5 Å². The van der Waals surface area contributed by atoms with E-state index in [1.54, 1.807) is 10.6 Å². The lowest BCUT2D eigenvalue weighted by Gasteiger charge is -2.14. The van der Waals surface area contributed by atoms with Crippen LogP contribution in [0, 0.1) is 0 Å². The topological polar surface area (TPSA) is 82.5 Å². The Morgan fingerprint density at radius 1 is 1.23 bits per heavy atom. The number of carbonyl (C=O) groups excluding carboxylic acids is 1. The van der Waals surface area contributed by atoms with Crippen molar-refractivity contribution in [3.05, 3.63) is 58.4 Å². The average Bonchev–Trinajstić information content (AvgIpc) is 3.22. The molecule has 1 aliphatic rings. The number of nitrogens with one attached hydrogen (secondary N) is 1. The van der Waals surface area contributed by atoms with Gasteiger partial charge in [-0.25, -0.2) is 4.98 Å². The van der Waals surface area contributed by atoms with Gasteiger partial charge >= 0.3 is 0 Å². The lowest BCUT2D eigenvalue weighted by atomic mass is 10.2. The van der Waals surface area contributed by atoms with E-state index in [-0.39, 0.29) is 30.1 Å². The Morgan fingerprint density at radius 3 is 2.87 bits per heavy atom. The van der Waals surface area contributed by atoms with Crippen molar-refractivity contribution in [1.82, 2.24) is 14.9 Å². The minimum absolute atomic E-state index is 0.0774. The maximum absolute atomic E-state index is 13.2. The molecule has 7 nitrogen and oxygen atoms in total. The van der Waals surface area contributed by atoms with Gasteiger partial charge in [0.2, 0.25) is 12.7 Å². The number of carbonyl (C=O) groups is 1. The molecule has 0 radical (unpaired) electrons. The van der Waals surface area contributed by atoms with Crippen LogP contribution < -0.4 is 20.3 Å². The Labute approximate surface area is 178 Å². The van der Waals surface area contributed by atoms with Gasteiger partial charge < -0.3 is 14.8 Å². The van der Waals surface area contributed by atoms with Crippen LogP contribution in [0.1, 0.15) is 25.8 Å². The zero-order chi connectivity index (χ0) is 21.1. The first-order chi connectivity index (χ1) is 14.5. The van der Waals surface area contributed by atoms with Crippen molar-refractivity contribution in [3.63, 3.8) is 0 Å². The van der Waals surface area contributed by atoms with Crippen LogP contribution in [0.25, 0.3) is 10.9 Å². The number of fused-ring (bicyclic) bond motifs is 2. The number of hydrogen-bond donors (Lipinski definition) is 1. The summed E-state index contributed by atoms with van der Waals surface area (Å²) in [4.78, 5) is 30.1. The molecule has 1 atom stereocenters. The van der Waals surface area contributed by atoms with E-state index in [4.69, 9.17) is 9.47 Å². The van der Waals surface area contributed by atoms with Gasteiger partial charge in [-0.05, 0) is 43.2 Å². The van der Waals surface area contributed by atoms with E-state index in [0.29, 0.717) is 34.1 Å². The molecule has 4 rings (SSSR count). The molecule has 30 heavy (non-hydrogen) atoms. The van der Waals surface area contributed by atoms with E-state index in [1.807, 2.05) is 50.2 Å². The van der Waals surface area contributed by atoms with Crippen LogP contribution in [-0.2, 0) is 11.3 Å². The molecule has 0 aliphatic carbocycles. The van der Waals surface area contributed by atoms with Crippen molar-refractivity contribution < 1.29 is 14.3 Å². The molecule has 8 heteroatoms. The van der Waals surface area contributed by atoms with Gasteiger partial charge in [0.05, 0.1) is 23.2 Å². The Kier molecular flexibility index (Phi) is 5.94. The Hall–Kier alpha value is -3.00. The second-order valence-electron chi connectivity index (χ2n) is 7.16. The maximum atomic E-state index is 13.2. The summed E-state index contributed by atoms with van der Waals surface area (Å²) in [5.41, 5.74) is 1.38. The number of thioether (sulfide) groups is 1. The highest BCUT2D eigenvalue weighted by Gasteiger charge is 2.17. The number of hydrogen-bond acceptors (Lipinski definition) is 6. The van der Waals surface area contributed by atoms with E-state index in [2.05, 4.69) is 10.3 Å². The predicted octanol–water partition coefficient (Wildman–Crippen LogP) is 3.18. The third kappa shape index (κ3) is 4.28. The number of benzene rings is 2. The predicted molar refractivity (Wildman–Crippen MR) is 116 cm³/mol. The van der Waals surface area contributed by atoms with Crippen molar-refractivity contribution >= 4 is 28.6 Å². The third-order valence-electron chi connectivity index (χ3n) is 4.96. The molecule has 1 N–H and O–H groups in total. The molecule has 2 aromatic carbocycles. The minimum atomic E-state index is -0.136. The van der Waals surface area contributed by atoms with Crippen LogP contribution in [0.5, 0.6) is 11.5 Å². The van der Waals surface area contributed by atoms with E-state index >= 15 is 0 Å². The van der Waals surface area contributed by atoms with Crippen LogP contribution in [0.3, 0.4) is 0 Å². The molecule has 0 saturated heterocycles. The fraction of sp³-hybridized carbons (Fsp3) is 0.318. The zero-order valence-electron chi connectivity index (χ0n) is 16.9. The van der Waals surface area contributed by atoms with Gasteiger partial charge in [-0.1, -0.05) is 36.9 Å². The quantitative estimate of drug-likeness (QED) is 0.462. The van der Waals surface area contributed by atoms with Gasteiger partial charge in [0.1, 0.15) is 0 Å². The van der Waals surface area contributed by atoms with E-state index < -0.39 is 0 Å². The van der Waals surface area contributed by atoms with Crippen molar-refractivity contribution in [2.45, 2.75) is 38.0 Å². The van der Waals surface area contributed by atoms with Crippen molar-refractivity contribution in [2.24, 2.45) is 0 Å². The molecule has 0 fully saturated rings. The van der Waals surface area contributed by atoms with Crippen molar-refractivity contribution in [3.8, 4) is 11.5 Å². The normalized spacial score (nSPS) is 13.4. The summed E-state index contributed by atoms with van der Waals surface area (Å²) in [5.74, 6) is 1.47. The van der Waals surface area contributed by atoms with Crippen LogP contribution in [-0.4, -0.2) is 34.0 Å². The fourth-order valence-electron chi connectivity index (χ4n) is 3.17. The standard InChI is InChI=1S/C22H23N3O4S/c1-3-14(2)23-20(26)12-30-22-24-17-7-5-4-6-16(17)21(27)25(22)11-15-8-9-18-19(10-15)29-13-28-18/h4-10,14H,3,11-13H2,1-2H3,(H,23,26)/t14-/m1/s1. The molecule has 0 spiro atoms. The summed E-state index contributed by atoms with van der Waals surface area (Å²) in [7, 11) is 0. The Bertz CT molecular complexity index is 1140. The zero-order valence-corrected chi connectivity index (χ0v) is 17.7. The van der Waals surface area contributed by atoms with E-state index in [1.165, 1.54) is 11.8 Å². The monoisotopic (exact) mass is 425 g/mol. The Balaban J connectivity index is 1.66. The van der Waals surface area contributed by atoms with Gasteiger partial charge in [-0.15, -0.1) is 0 Å². The fourth-order valence-corrected chi connectivity index (χ4v) is 3.98. The van der Waals surface area contributed by atoms with E-state index in [0.717, 1.165) is 12.0 Å². The van der Waals surface area contributed by atoms with Gasteiger partial charge in [0, 0.05) is 6.04 Å². The van der Waals surface area contributed by atoms with Crippen LogP contribution in [0.15, 0.2) is 52.4 Å². The lowest BCUT2D eigenvalue weighted by Crippen LogP contribution is -2.33. The minimum Gasteiger partial charge on any atom is -0.454 e. The first kappa shape index (κ1) is 20.3. The smallest absolute Gasteiger partial charge is 0.262 e.